The van der Waals surface area contributed by atoms with Crippen molar-refractivity contribution < 1.29 is 14.4 Å². The van der Waals surface area contributed by atoms with Gasteiger partial charge in [-0.15, -0.1) is 11.6 Å². The maximum absolute atomic E-state index is 12.7. The number of amides is 1. The molecule has 2 aromatic carbocycles. The van der Waals surface area contributed by atoms with Gasteiger partial charge in [0.05, 0.1) is 12.2 Å². The average Bonchev–Trinajstić information content (AvgIpc) is 2.59. The van der Waals surface area contributed by atoms with Crippen LogP contribution in [-0.2, 0) is 4.79 Å². The van der Waals surface area contributed by atoms with E-state index in [-0.39, 0.29) is 30.0 Å². The Morgan fingerprint density at radius 1 is 0.913 bits per heavy atom. The fraction of sp³-hybridized carbons (Fsp3) is 0.118. The SMILES string of the molecule is O=C(CCl)NCNc1cccc2c1C(=O)c1ccccc1C2=O. The molecule has 0 saturated carbocycles. The van der Waals surface area contributed by atoms with Crippen molar-refractivity contribution in [2.45, 2.75) is 0 Å². The Kier molecular flexibility index (Phi) is 4.12. The maximum Gasteiger partial charge on any atom is 0.236 e. The normalized spacial score (nSPS) is 12.4. The van der Waals surface area contributed by atoms with E-state index in [1.165, 1.54) is 0 Å². The molecule has 0 spiro atoms. The highest BCUT2D eigenvalue weighted by molar-refractivity contribution is 6.30. The molecule has 0 atom stereocenters. The summed E-state index contributed by atoms with van der Waals surface area (Å²) in [5.74, 6) is -0.846. The van der Waals surface area contributed by atoms with Crippen LogP contribution < -0.4 is 10.6 Å². The Balaban J connectivity index is 1.96. The third kappa shape index (κ3) is 2.71. The first kappa shape index (κ1) is 15.2. The molecular weight excluding hydrogens is 316 g/mol. The molecule has 1 amide bonds. The summed E-state index contributed by atoms with van der Waals surface area (Å²) >= 11 is 5.41. The largest absolute Gasteiger partial charge is 0.367 e. The highest BCUT2D eigenvalue weighted by Crippen LogP contribution is 2.31. The van der Waals surface area contributed by atoms with Gasteiger partial charge in [-0.2, -0.15) is 0 Å². The highest BCUT2D eigenvalue weighted by Gasteiger charge is 2.31. The predicted molar refractivity (Wildman–Crippen MR) is 87.1 cm³/mol. The predicted octanol–water partition coefficient (Wildman–Crippen LogP) is 2.19. The summed E-state index contributed by atoms with van der Waals surface area (Å²) in [4.78, 5) is 36.5. The first-order chi connectivity index (χ1) is 11.1. The molecule has 0 bridgehead atoms. The average molecular weight is 329 g/mol. The number of ketones is 2. The monoisotopic (exact) mass is 328 g/mol. The molecule has 6 heteroatoms. The van der Waals surface area contributed by atoms with E-state index in [4.69, 9.17) is 11.6 Å². The number of carbonyl (C=O) groups excluding carboxylic acids is 3. The molecule has 0 aliphatic heterocycles. The number of anilines is 1. The molecule has 0 fully saturated rings. The summed E-state index contributed by atoms with van der Waals surface area (Å²) in [6.07, 6.45) is 0. The first-order valence-electron chi connectivity index (χ1n) is 7.01. The van der Waals surface area contributed by atoms with Crippen LogP contribution in [0.2, 0.25) is 0 Å². The minimum absolute atomic E-state index is 0.116. The van der Waals surface area contributed by atoms with E-state index in [1.807, 2.05) is 0 Å². The second kappa shape index (κ2) is 6.22. The van der Waals surface area contributed by atoms with E-state index in [1.54, 1.807) is 42.5 Å². The van der Waals surface area contributed by atoms with Crippen molar-refractivity contribution in [2.24, 2.45) is 0 Å². The summed E-state index contributed by atoms with van der Waals surface area (Å²) < 4.78 is 0. The van der Waals surface area contributed by atoms with Gasteiger partial charge in [-0.3, -0.25) is 14.4 Å². The summed E-state index contributed by atoms with van der Waals surface area (Å²) in [6, 6.07) is 11.8. The molecule has 0 radical (unpaired) electrons. The lowest BCUT2D eigenvalue weighted by molar-refractivity contribution is -0.118. The van der Waals surface area contributed by atoms with Gasteiger partial charge in [-0.05, 0) is 6.07 Å². The summed E-state index contributed by atoms with van der Waals surface area (Å²) in [5.41, 5.74) is 2.01. The zero-order valence-corrected chi connectivity index (χ0v) is 12.8. The van der Waals surface area contributed by atoms with Gasteiger partial charge in [0, 0.05) is 22.4 Å². The van der Waals surface area contributed by atoms with Crippen LogP contribution in [0.5, 0.6) is 0 Å². The molecule has 0 saturated heterocycles. The van der Waals surface area contributed by atoms with Crippen LogP contribution in [0.15, 0.2) is 42.5 Å². The van der Waals surface area contributed by atoms with Crippen LogP contribution in [0.25, 0.3) is 0 Å². The molecule has 116 valence electrons. The lowest BCUT2D eigenvalue weighted by Crippen LogP contribution is -2.31. The minimum atomic E-state index is -0.322. The third-order valence-electron chi connectivity index (χ3n) is 3.64. The van der Waals surface area contributed by atoms with Crippen molar-refractivity contribution in [1.82, 2.24) is 5.32 Å². The van der Waals surface area contributed by atoms with E-state index in [0.717, 1.165) is 0 Å². The van der Waals surface area contributed by atoms with Crippen molar-refractivity contribution in [3.8, 4) is 0 Å². The Bertz CT molecular complexity index is 817. The number of benzene rings is 2. The van der Waals surface area contributed by atoms with E-state index in [0.29, 0.717) is 27.9 Å². The first-order valence-corrected chi connectivity index (χ1v) is 7.55. The van der Waals surface area contributed by atoms with Crippen molar-refractivity contribution >= 4 is 34.8 Å². The van der Waals surface area contributed by atoms with Gasteiger partial charge in [-0.1, -0.05) is 36.4 Å². The number of hydrogen-bond donors (Lipinski definition) is 2. The molecule has 1 aliphatic carbocycles. The van der Waals surface area contributed by atoms with E-state index in [2.05, 4.69) is 10.6 Å². The van der Waals surface area contributed by atoms with Crippen LogP contribution in [0, 0.1) is 0 Å². The number of fused-ring (bicyclic) bond motifs is 2. The van der Waals surface area contributed by atoms with Crippen LogP contribution in [0.3, 0.4) is 0 Å². The minimum Gasteiger partial charge on any atom is -0.367 e. The quantitative estimate of drug-likeness (QED) is 0.568. The van der Waals surface area contributed by atoms with Crippen LogP contribution in [0.1, 0.15) is 31.8 Å². The standard InChI is InChI=1S/C17H13ClN2O3/c18-8-14(21)20-9-19-13-7-3-6-12-15(13)17(23)11-5-2-1-4-10(11)16(12)22/h1-7,19H,8-9H2,(H,20,21). The lowest BCUT2D eigenvalue weighted by Gasteiger charge is -2.20. The highest BCUT2D eigenvalue weighted by atomic mass is 35.5. The molecule has 3 rings (SSSR count). The van der Waals surface area contributed by atoms with Gasteiger partial charge in [-0.25, -0.2) is 0 Å². The topological polar surface area (TPSA) is 75.3 Å². The van der Waals surface area contributed by atoms with Crippen LogP contribution in [-0.4, -0.2) is 30.0 Å². The molecule has 1 aliphatic rings. The number of halogens is 1. The maximum atomic E-state index is 12.7. The number of nitrogens with one attached hydrogen (secondary N) is 2. The molecule has 2 aromatic rings. The molecular formula is C17H13ClN2O3. The Hall–Kier alpha value is -2.66. The number of rotatable bonds is 4. The molecule has 0 heterocycles. The molecule has 0 aromatic heterocycles. The number of hydrogen-bond acceptors (Lipinski definition) is 4. The third-order valence-corrected chi connectivity index (χ3v) is 3.88. The zero-order valence-electron chi connectivity index (χ0n) is 12.1. The van der Waals surface area contributed by atoms with Gasteiger partial charge in [0.2, 0.25) is 5.91 Å². The Morgan fingerprint density at radius 3 is 2.26 bits per heavy atom. The van der Waals surface area contributed by atoms with E-state index in [9.17, 15) is 14.4 Å². The summed E-state index contributed by atoms with van der Waals surface area (Å²) in [6.45, 7) is 0.116. The molecule has 0 unspecified atom stereocenters. The van der Waals surface area contributed by atoms with Gasteiger partial charge in [0.15, 0.2) is 11.6 Å². The van der Waals surface area contributed by atoms with Crippen molar-refractivity contribution in [3.63, 3.8) is 0 Å². The van der Waals surface area contributed by atoms with E-state index < -0.39 is 0 Å². The summed E-state index contributed by atoms with van der Waals surface area (Å²) in [5, 5.41) is 5.51. The number of carbonyl (C=O) groups is 3. The van der Waals surface area contributed by atoms with Gasteiger partial charge in [0.1, 0.15) is 5.88 Å². The van der Waals surface area contributed by atoms with E-state index >= 15 is 0 Å². The molecule has 2 N–H and O–H groups in total. The summed E-state index contributed by atoms with van der Waals surface area (Å²) in [7, 11) is 0. The molecule has 23 heavy (non-hydrogen) atoms. The molecule has 5 nitrogen and oxygen atoms in total. The number of alkyl halides is 1. The smallest absolute Gasteiger partial charge is 0.236 e. The second-order valence-electron chi connectivity index (χ2n) is 5.02. The fourth-order valence-corrected chi connectivity index (χ4v) is 2.67. The second-order valence-corrected chi connectivity index (χ2v) is 5.29. The van der Waals surface area contributed by atoms with Gasteiger partial charge < -0.3 is 10.6 Å². The Morgan fingerprint density at radius 2 is 1.57 bits per heavy atom. The van der Waals surface area contributed by atoms with Crippen molar-refractivity contribution in [3.05, 3.63) is 64.7 Å². The van der Waals surface area contributed by atoms with Crippen LogP contribution in [0.4, 0.5) is 5.69 Å². The fourth-order valence-electron chi connectivity index (χ4n) is 2.58. The van der Waals surface area contributed by atoms with Crippen LogP contribution >= 0.6 is 11.6 Å². The Labute approximate surface area is 137 Å². The zero-order chi connectivity index (χ0) is 16.4. The van der Waals surface area contributed by atoms with Gasteiger partial charge >= 0.3 is 0 Å². The van der Waals surface area contributed by atoms with Gasteiger partial charge in [0.25, 0.3) is 0 Å². The lowest BCUT2D eigenvalue weighted by atomic mass is 9.83. The van der Waals surface area contributed by atoms with Crippen molar-refractivity contribution in [2.75, 3.05) is 17.9 Å². The van der Waals surface area contributed by atoms with Crippen molar-refractivity contribution in [1.29, 1.82) is 0 Å².